The molecule has 0 fully saturated rings. The van der Waals surface area contributed by atoms with Crippen molar-refractivity contribution >= 4 is 22.7 Å². The highest BCUT2D eigenvalue weighted by atomic mass is 32.1. The van der Waals surface area contributed by atoms with Gasteiger partial charge in [-0.2, -0.15) is 5.26 Å². The molecule has 1 aromatic heterocycles. The smallest absolute Gasteiger partial charge is 0.115 e. The molecule has 0 aliphatic heterocycles. The lowest BCUT2D eigenvalue weighted by molar-refractivity contribution is 0.870. The van der Waals surface area contributed by atoms with Crippen LogP contribution in [0.5, 0.6) is 0 Å². The summed E-state index contributed by atoms with van der Waals surface area (Å²) in [5, 5.41) is 13.2. The van der Waals surface area contributed by atoms with Crippen molar-refractivity contribution in [2.45, 2.75) is 19.9 Å². The van der Waals surface area contributed by atoms with Crippen molar-refractivity contribution in [2.75, 3.05) is 11.1 Å². The Kier molecular flexibility index (Phi) is 3.49. The Balaban J connectivity index is 2.22. The molecular formula is C13H14N4S. The summed E-state index contributed by atoms with van der Waals surface area (Å²) >= 11 is 1.65. The first kappa shape index (κ1) is 12.4. The standard InChI is InChI=1S/C13H14N4S/c1-8-7-16-13(18-8)9(2)17-11-5-3-4-10(6-14)12(11)15/h3-5,7,9,17H,15H2,1-2H3. The molecule has 0 saturated carbocycles. The van der Waals surface area contributed by atoms with E-state index in [9.17, 15) is 0 Å². The van der Waals surface area contributed by atoms with Crippen molar-refractivity contribution in [3.8, 4) is 6.07 Å². The van der Waals surface area contributed by atoms with Gasteiger partial charge in [0, 0.05) is 11.1 Å². The van der Waals surface area contributed by atoms with Crippen molar-refractivity contribution in [1.82, 2.24) is 4.98 Å². The SMILES string of the molecule is Cc1cnc(C(C)Nc2cccc(C#N)c2N)s1. The van der Waals surface area contributed by atoms with Crippen LogP contribution in [0.1, 0.15) is 28.4 Å². The Morgan fingerprint density at radius 2 is 2.28 bits per heavy atom. The number of nitrogens with zero attached hydrogens (tertiary/aromatic N) is 2. The fourth-order valence-electron chi connectivity index (χ4n) is 1.66. The van der Waals surface area contributed by atoms with Gasteiger partial charge in [-0.05, 0) is 26.0 Å². The first-order valence-electron chi connectivity index (χ1n) is 5.59. The number of benzene rings is 1. The average Bonchev–Trinajstić information content (AvgIpc) is 2.78. The summed E-state index contributed by atoms with van der Waals surface area (Å²) in [6.45, 7) is 4.05. The van der Waals surface area contributed by atoms with Gasteiger partial charge in [-0.1, -0.05) is 6.07 Å². The Morgan fingerprint density at radius 3 is 2.89 bits per heavy atom. The molecule has 1 unspecified atom stereocenters. The molecule has 0 bridgehead atoms. The average molecular weight is 258 g/mol. The monoisotopic (exact) mass is 258 g/mol. The number of aryl methyl sites for hydroxylation is 1. The van der Waals surface area contributed by atoms with Gasteiger partial charge in [0.25, 0.3) is 0 Å². The molecule has 2 rings (SSSR count). The lowest BCUT2D eigenvalue weighted by Gasteiger charge is -2.15. The van der Waals surface area contributed by atoms with Gasteiger partial charge in [-0.15, -0.1) is 11.3 Å². The molecule has 18 heavy (non-hydrogen) atoms. The fourth-order valence-corrected chi connectivity index (χ4v) is 2.43. The van der Waals surface area contributed by atoms with E-state index in [-0.39, 0.29) is 6.04 Å². The maximum atomic E-state index is 8.93. The van der Waals surface area contributed by atoms with E-state index in [0.717, 1.165) is 10.7 Å². The van der Waals surface area contributed by atoms with Gasteiger partial charge in [-0.3, -0.25) is 0 Å². The van der Waals surface area contributed by atoms with E-state index in [0.29, 0.717) is 11.3 Å². The first-order chi connectivity index (χ1) is 8.61. The highest BCUT2D eigenvalue weighted by Crippen LogP contribution is 2.28. The zero-order valence-corrected chi connectivity index (χ0v) is 11.1. The molecule has 1 aromatic carbocycles. The second kappa shape index (κ2) is 5.07. The number of para-hydroxylation sites is 1. The van der Waals surface area contributed by atoms with Gasteiger partial charge in [0.2, 0.25) is 0 Å². The van der Waals surface area contributed by atoms with E-state index in [1.807, 2.05) is 32.2 Å². The van der Waals surface area contributed by atoms with Crippen molar-refractivity contribution in [3.63, 3.8) is 0 Å². The molecule has 5 heteroatoms. The summed E-state index contributed by atoms with van der Waals surface area (Å²) in [6, 6.07) is 7.54. The topological polar surface area (TPSA) is 74.7 Å². The summed E-state index contributed by atoms with van der Waals surface area (Å²) in [7, 11) is 0. The van der Waals surface area contributed by atoms with E-state index in [1.54, 1.807) is 17.4 Å². The molecule has 0 spiro atoms. The minimum Gasteiger partial charge on any atom is -0.396 e. The summed E-state index contributed by atoms with van der Waals surface area (Å²) in [5.74, 6) is 0. The molecule has 0 radical (unpaired) electrons. The largest absolute Gasteiger partial charge is 0.396 e. The Hall–Kier alpha value is -2.06. The third-order valence-electron chi connectivity index (χ3n) is 2.61. The van der Waals surface area contributed by atoms with Crippen LogP contribution < -0.4 is 11.1 Å². The molecule has 0 aliphatic rings. The highest BCUT2D eigenvalue weighted by molar-refractivity contribution is 7.11. The number of anilines is 2. The first-order valence-corrected chi connectivity index (χ1v) is 6.41. The zero-order valence-electron chi connectivity index (χ0n) is 10.3. The predicted molar refractivity (Wildman–Crippen MR) is 74.5 cm³/mol. The quantitative estimate of drug-likeness (QED) is 0.830. The fraction of sp³-hybridized carbons (Fsp3) is 0.231. The molecular weight excluding hydrogens is 244 g/mol. The van der Waals surface area contributed by atoms with Crippen LogP contribution in [-0.4, -0.2) is 4.98 Å². The van der Waals surface area contributed by atoms with Gasteiger partial charge in [0.15, 0.2) is 0 Å². The Morgan fingerprint density at radius 1 is 1.50 bits per heavy atom. The summed E-state index contributed by atoms with van der Waals surface area (Å²) < 4.78 is 0. The van der Waals surface area contributed by atoms with Crippen LogP contribution in [0.25, 0.3) is 0 Å². The minimum absolute atomic E-state index is 0.0694. The van der Waals surface area contributed by atoms with Crippen molar-refractivity contribution in [1.29, 1.82) is 5.26 Å². The van der Waals surface area contributed by atoms with Crippen LogP contribution in [0.4, 0.5) is 11.4 Å². The minimum atomic E-state index is 0.0694. The molecule has 1 heterocycles. The van der Waals surface area contributed by atoms with Gasteiger partial charge in [-0.25, -0.2) is 4.98 Å². The van der Waals surface area contributed by atoms with Gasteiger partial charge in [0.1, 0.15) is 11.1 Å². The van der Waals surface area contributed by atoms with Crippen LogP contribution in [0.2, 0.25) is 0 Å². The molecule has 92 valence electrons. The maximum Gasteiger partial charge on any atom is 0.115 e. The number of aromatic nitrogens is 1. The number of nitrogens with two attached hydrogens (primary N) is 1. The van der Waals surface area contributed by atoms with Gasteiger partial charge < -0.3 is 11.1 Å². The number of nitrogens with one attached hydrogen (secondary N) is 1. The van der Waals surface area contributed by atoms with Crippen LogP contribution in [0.3, 0.4) is 0 Å². The number of hydrogen-bond acceptors (Lipinski definition) is 5. The molecule has 0 amide bonds. The van der Waals surface area contributed by atoms with Gasteiger partial charge in [0.05, 0.1) is 23.0 Å². The van der Waals surface area contributed by atoms with E-state index < -0.39 is 0 Å². The number of hydrogen-bond donors (Lipinski definition) is 2. The van der Waals surface area contributed by atoms with E-state index >= 15 is 0 Å². The van der Waals surface area contributed by atoms with Crippen LogP contribution >= 0.6 is 11.3 Å². The van der Waals surface area contributed by atoms with Crippen molar-refractivity contribution in [2.24, 2.45) is 0 Å². The second-order valence-electron chi connectivity index (χ2n) is 4.05. The maximum absolute atomic E-state index is 8.93. The van der Waals surface area contributed by atoms with Gasteiger partial charge >= 0.3 is 0 Å². The summed E-state index contributed by atoms with van der Waals surface area (Å²) in [6.07, 6.45) is 1.85. The number of nitrogen functional groups attached to an aromatic ring is 1. The number of thiazole rings is 1. The molecule has 0 saturated heterocycles. The lowest BCUT2D eigenvalue weighted by Crippen LogP contribution is -2.08. The van der Waals surface area contributed by atoms with Crippen LogP contribution in [-0.2, 0) is 0 Å². The highest BCUT2D eigenvalue weighted by Gasteiger charge is 2.11. The third kappa shape index (κ3) is 2.44. The predicted octanol–water partition coefficient (Wildman–Crippen LogP) is 3.08. The normalized spacial score (nSPS) is 11.8. The number of rotatable bonds is 3. The number of nitriles is 1. The third-order valence-corrected chi connectivity index (χ3v) is 3.70. The lowest BCUT2D eigenvalue weighted by atomic mass is 10.1. The van der Waals surface area contributed by atoms with E-state index in [4.69, 9.17) is 11.0 Å². The van der Waals surface area contributed by atoms with Crippen molar-refractivity contribution < 1.29 is 0 Å². The Bertz CT molecular complexity index is 597. The summed E-state index contributed by atoms with van der Waals surface area (Å²) in [4.78, 5) is 5.51. The molecule has 1 atom stereocenters. The molecule has 3 N–H and O–H groups in total. The van der Waals surface area contributed by atoms with E-state index in [2.05, 4.69) is 16.4 Å². The van der Waals surface area contributed by atoms with Crippen molar-refractivity contribution in [3.05, 3.63) is 39.8 Å². The molecule has 2 aromatic rings. The zero-order chi connectivity index (χ0) is 13.1. The van der Waals surface area contributed by atoms with Crippen LogP contribution in [0, 0.1) is 18.3 Å². The Labute approximate surface area is 110 Å². The molecule has 0 aliphatic carbocycles. The van der Waals surface area contributed by atoms with E-state index in [1.165, 1.54) is 4.88 Å². The summed E-state index contributed by atoms with van der Waals surface area (Å²) in [5.41, 5.74) is 7.67. The van der Waals surface area contributed by atoms with Crippen LogP contribution in [0.15, 0.2) is 24.4 Å². The second-order valence-corrected chi connectivity index (χ2v) is 5.32. The molecule has 4 nitrogen and oxygen atoms in total.